The lowest BCUT2D eigenvalue weighted by Crippen LogP contribution is -2.34. The summed E-state index contributed by atoms with van der Waals surface area (Å²) in [6, 6.07) is 10.1. The Morgan fingerprint density at radius 1 is 1.36 bits per heavy atom. The minimum Gasteiger partial charge on any atom is -0.345 e. The summed E-state index contributed by atoms with van der Waals surface area (Å²) in [5.41, 5.74) is 1.19. The zero-order valence-electron chi connectivity index (χ0n) is 13.1. The molecular weight excluding hydrogens is 276 g/mol. The van der Waals surface area contributed by atoms with Crippen molar-refractivity contribution in [3.63, 3.8) is 0 Å². The summed E-state index contributed by atoms with van der Waals surface area (Å²) in [7, 11) is 0. The quantitative estimate of drug-likeness (QED) is 0.942. The number of benzene rings is 1. The van der Waals surface area contributed by atoms with Crippen molar-refractivity contribution < 1.29 is 4.79 Å². The first-order valence-corrected chi connectivity index (χ1v) is 7.67. The van der Waals surface area contributed by atoms with E-state index in [4.69, 9.17) is 5.26 Å². The van der Waals surface area contributed by atoms with E-state index in [1.165, 1.54) is 0 Å². The lowest BCUT2D eigenvalue weighted by molar-refractivity contribution is -0.125. The van der Waals surface area contributed by atoms with E-state index >= 15 is 0 Å². The number of imidazole rings is 1. The molecule has 5 nitrogen and oxygen atoms in total. The molecule has 1 aromatic heterocycles. The van der Waals surface area contributed by atoms with Crippen molar-refractivity contribution in [3.05, 3.63) is 30.1 Å². The normalized spacial score (nSPS) is 17.2. The molecule has 1 aliphatic rings. The highest BCUT2D eigenvalue weighted by Gasteiger charge is 2.51. The first-order chi connectivity index (χ1) is 10.5. The van der Waals surface area contributed by atoms with Gasteiger partial charge < -0.3 is 9.88 Å². The van der Waals surface area contributed by atoms with Crippen LogP contribution >= 0.6 is 0 Å². The van der Waals surface area contributed by atoms with E-state index in [1.54, 1.807) is 0 Å². The summed E-state index contributed by atoms with van der Waals surface area (Å²) < 4.78 is 2.15. The molecule has 1 aromatic carbocycles. The lowest BCUT2D eigenvalue weighted by atomic mass is 10.1. The Hall–Kier alpha value is -2.35. The average molecular weight is 296 g/mol. The Kier molecular flexibility index (Phi) is 3.40. The van der Waals surface area contributed by atoms with Gasteiger partial charge in [0.15, 0.2) is 0 Å². The number of hydrogen-bond acceptors (Lipinski definition) is 3. The van der Waals surface area contributed by atoms with E-state index in [2.05, 4.69) is 34.8 Å². The maximum Gasteiger partial charge on any atom is 0.241 e. The number of carbonyl (C=O) groups excluding carboxylic acids is 1. The SMILES string of the molecule is CC(NC(=O)C1(C#N)CC1)c1nc2ccccc2n1C(C)C. The molecule has 0 spiro atoms. The van der Waals surface area contributed by atoms with Crippen molar-refractivity contribution in [1.29, 1.82) is 5.26 Å². The topological polar surface area (TPSA) is 70.7 Å². The van der Waals surface area contributed by atoms with Crippen LogP contribution in [0.25, 0.3) is 11.0 Å². The van der Waals surface area contributed by atoms with Crippen molar-refractivity contribution in [2.24, 2.45) is 5.41 Å². The molecule has 1 fully saturated rings. The van der Waals surface area contributed by atoms with E-state index < -0.39 is 5.41 Å². The van der Waals surface area contributed by atoms with Crippen LogP contribution in [0.1, 0.15) is 51.5 Å². The molecule has 1 unspecified atom stereocenters. The van der Waals surface area contributed by atoms with Gasteiger partial charge in [0.1, 0.15) is 11.2 Å². The Morgan fingerprint density at radius 3 is 2.64 bits per heavy atom. The largest absolute Gasteiger partial charge is 0.345 e. The zero-order valence-corrected chi connectivity index (χ0v) is 13.1. The third-order valence-corrected chi connectivity index (χ3v) is 4.27. The van der Waals surface area contributed by atoms with Crippen molar-refractivity contribution in [1.82, 2.24) is 14.9 Å². The van der Waals surface area contributed by atoms with Crippen LogP contribution in [0.3, 0.4) is 0 Å². The number of nitrogens with one attached hydrogen (secondary N) is 1. The number of nitrogens with zero attached hydrogens (tertiary/aromatic N) is 3. The molecule has 1 amide bonds. The molecule has 2 aromatic rings. The first-order valence-electron chi connectivity index (χ1n) is 7.67. The Bertz CT molecular complexity index is 765. The van der Waals surface area contributed by atoms with E-state index in [0.29, 0.717) is 12.8 Å². The van der Waals surface area contributed by atoms with Gasteiger partial charge in [0.2, 0.25) is 5.91 Å². The second-order valence-corrected chi connectivity index (χ2v) is 6.31. The van der Waals surface area contributed by atoms with Gasteiger partial charge in [-0.2, -0.15) is 5.26 Å². The van der Waals surface area contributed by atoms with Crippen LogP contribution in [0.5, 0.6) is 0 Å². The highest BCUT2D eigenvalue weighted by atomic mass is 16.2. The monoisotopic (exact) mass is 296 g/mol. The van der Waals surface area contributed by atoms with Gasteiger partial charge in [-0.25, -0.2) is 4.98 Å². The van der Waals surface area contributed by atoms with Crippen LogP contribution in [0.2, 0.25) is 0 Å². The van der Waals surface area contributed by atoms with E-state index in [0.717, 1.165) is 16.9 Å². The van der Waals surface area contributed by atoms with Gasteiger partial charge in [-0.1, -0.05) is 12.1 Å². The smallest absolute Gasteiger partial charge is 0.241 e. The van der Waals surface area contributed by atoms with Crippen LogP contribution in [0, 0.1) is 16.7 Å². The molecule has 1 aliphatic carbocycles. The number of amides is 1. The molecule has 22 heavy (non-hydrogen) atoms. The molecule has 3 rings (SSSR count). The second-order valence-electron chi connectivity index (χ2n) is 6.31. The fraction of sp³-hybridized carbons (Fsp3) is 0.471. The number of aromatic nitrogens is 2. The predicted molar refractivity (Wildman–Crippen MR) is 84.0 cm³/mol. The van der Waals surface area contributed by atoms with Gasteiger partial charge in [0.05, 0.1) is 23.1 Å². The standard InChI is InChI=1S/C17H20N4O/c1-11(2)21-14-7-5-4-6-13(14)20-15(21)12(3)19-16(22)17(10-18)8-9-17/h4-7,11-12H,8-9H2,1-3H3,(H,19,22). The van der Waals surface area contributed by atoms with E-state index in [1.807, 2.05) is 31.2 Å². The number of nitriles is 1. The van der Waals surface area contributed by atoms with Crippen LogP contribution in [0.15, 0.2) is 24.3 Å². The lowest BCUT2D eigenvalue weighted by Gasteiger charge is -2.19. The van der Waals surface area contributed by atoms with Gasteiger partial charge in [0, 0.05) is 6.04 Å². The van der Waals surface area contributed by atoms with Gasteiger partial charge >= 0.3 is 0 Å². The number of hydrogen-bond donors (Lipinski definition) is 1. The molecule has 0 bridgehead atoms. The second kappa shape index (κ2) is 5.13. The van der Waals surface area contributed by atoms with Crippen LogP contribution in [0.4, 0.5) is 0 Å². The van der Waals surface area contributed by atoms with Crippen molar-refractivity contribution >= 4 is 16.9 Å². The van der Waals surface area contributed by atoms with E-state index in [-0.39, 0.29) is 18.0 Å². The van der Waals surface area contributed by atoms with Crippen LogP contribution in [-0.2, 0) is 4.79 Å². The van der Waals surface area contributed by atoms with Crippen molar-refractivity contribution in [2.45, 2.75) is 45.7 Å². The molecule has 1 saturated carbocycles. The minimum absolute atomic E-state index is 0.176. The van der Waals surface area contributed by atoms with Gasteiger partial charge in [-0.15, -0.1) is 0 Å². The molecule has 5 heteroatoms. The fourth-order valence-electron chi connectivity index (χ4n) is 2.83. The summed E-state index contributed by atoms with van der Waals surface area (Å²) in [5, 5.41) is 12.1. The number of para-hydroxylation sites is 2. The zero-order chi connectivity index (χ0) is 15.9. The molecular formula is C17H20N4O. The summed E-state index contributed by atoms with van der Waals surface area (Å²) in [6.07, 6.45) is 1.31. The molecule has 0 aliphatic heterocycles. The Morgan fingerprint density at radius 2 is 2.05 bits per heavy atom. The summed E-state index contributed by atoms with van der Waals surface area (Å²) in [5.74, 6) is 0.656. The molecule has 1 N–H and O–H groups in total. The maximum absolute atomic E-state index is 12.3. The van der Waals surface area contributed by atoms with E-state index in [9.17, 15) is 4.79 Å². The molecule has 0 radical (unpaired) electrons. The van der Waals surface area contributed by atoms with Crippen LogP contribution < -0.4 is 5.32 Å². The van der Waals surface area contributed by atoms with Crippen molar-refractivity contribution in [3.8, 4) is 6.07 Å². The highest BCUT2D eigenvalue weighted by Crippen LogP contribution is 2.45. The molecule has 1 heterocycles. The fourth-order valence-corrected chi connectivity index (χ4v) is 2.83. The predicted octanol–water partition coefficient (Wildman–Crippen LogP) is 3.10. The third kappa shape index (κ3) is 2.25. The minimum atomic E-state index is -0.803. The Balaban J connectivity index is 1.94. The van der Waals surface area contributed by atoms with Gasteiger partial charge in [0.25, 0.3) is 0 Å². The summed E-state index contributed by atoms with van der Waals surface area (Å²) in [6.45, 7) is 6.12. The summed E-state index contributed by atoms with van der Waals surface area (Å²) >= 11 is 0. The van der Waals surface area contributed by atoms with Crippen molar-refractivity contribution in [2.75, 3.05) is 0 Å². The Labute approximate surface area is 129 Å². The maximum atomic E-state index is 12.3. The van der Waals surface area contributed by atoms with Gasteiger partial charge in [-0.3, -0.25) is 4.79 Å². The number of rotatable bonds is 4. The molecule has 114 valence electrons. The average Bonchev–Trinajstić information content (AvgIpc) is 3.20. The van der Waals surface area contributed by atoms with Gasteiger partial charge in [-0.05, 0) is 45.7 Å². The van der Waals surface area contributed by atoms with Crippen LogP contribution in [-0.4, -0.2) is 15.5 Å². The number of fused-ring (bicyclic) bond motifs is 1. The first kappa shape index (κ1) is 14.6. The highest BCUT2D eigenvalue weighted by molar-refractivity contribution is 5.88. The molecule has 0 saturated heterocycles. The third-order valence-electron chi connectivity index (χ3n) is 4.27. The molecule has 1 atom stereocenters. The number of carbonyl (C=O) groups is 1. The summed E-state index contributed by atoms with van der Waals surface area (Å²) in [4.78, 5) is 16.9.